The molecule has 4 rings (SSSR count). The zero-order chi connectivity index (χ0) is 28.3. The molecule has 1 saturated heterocycles. The number of anilines is 1. The maximum atomic E-state index is 13.6. The normalized spacial score (nSPS) is 16.4. The van der Waals surface area contributed by atoms with Gasteiger partial charge in [0, 0.05) is 16.8 Å². The van der Waals surface area contributed by atoms with Crippen LogP contribution in [-0.4, -0.2) is 44.2 Å². The van der Waals surface area contributed by atoms with E-state index in [4.69, 9.17) is 30.5 Å². The zero-order valence-electron chi connectivity index (χ0n) is 22.4. The van der Waals surface area contributed by atoms with Crippen LogP contribution in [0, 0.1) is 6.92 Å². The summed E-state index contributed by atoms with van der Waals surface area (Å²) < 4.78 is 22.2. The Kier molecular flexibility index (Phi) is 8.35. The number of Topliss-reactive ketones (excluding diaryl/α,β-unsaturated/α-hetero) is 1. The van der Waals surface area contributed by atoms with Crippen molar-refractivity contribution in [3.8, 4) is 23.0 Å². The molecule has 0 spiro atoms. The molecule has 1 amide bonds. The summed E-state index contributed by atoms with van der Waals surface area (Å²) >= 11 is 6.30. The molecular weight excluding hydrogens is 522 g/mol. The average molecular weight is 552 g/mol. The number of methoxy groups -OCH3 is 2. The molecule has 1 heterocycles. The highest BCUT2D eigenvalue weighted by Crippen LogP contribution is 2.46. The number of amides is 1. The van der Waals surface area contributed by atoms with E-state index in [0.717, 1.165) is 5.56 Å². The largest absolute Gasteiger partial charge is 0.507 e. The van der Waals surface area contributed by atoms with Crippen molar-refractivity contribution in [2.75, 3.05) is 32.3 Å². The van der Waals surface area contributed by atoms with Crippen LogP contribution >= 0.6 is 11.6 Å². The van der Waals surface area contributed by atoms with Crippen LogP contribution in [-0.2, 0) is 9.59 Å². The second kappa shape index (κ2) is 11.7. The van der Waals surface area contributed by atoms with Crippen molar-refractivity contribution in [1.82, 2.24) is 0 Å². The lowest BCUT2D eigenvalue weighted by molar-refractivity contribution is -0.132. The minimum absolute atomic E-state index is 0.100. The lowest BCUT2D eigenvalue weighted by Crippen LogP contribution is -2.30. The smallest absolute Gasteiger partial charge is 0.300 e. The van der Waals surface area contributed by atoms with Gasteiger partial charge in [-0.15, -0.1) is 0 Å². The minimum Gasteiger partial charge on any atom is -0.507 e. The molecule has 204 valence electrons. The number of halogens is 1. The first-order valence-electron chi connectivity index (χ1n) is 12.4. The number of aryl methyl sites for hydroxylation is 1. The van der Waals surface area contributed by atoms with Crippen molar-refractivity contribution in [3.05, 3.63) is 81.9 Å². The first kappa shape index (κ1) is 27.9. The summed E-state index contributed by atoms with van der Waals surface area (Å²) in [5, 5.41) is 12.1. The van der Waals surface area contributed by atoms with Gasteiger partial charge in [0.1, 0.15) is 17.3 Å². The van der Waals surface area contributed by atoms with Crippen LogP contribution in [0.25, 0.3) is 5.76 Å². The molecule has 0 saturated carbocycles. The Morgan fingerprint density at radius 3 is 2.28 bits per heavy atom. The van der Waals surface area contributed by atoms with E-state index in [-0.39, 0.29) is 16.9 Å². The van der Waals surface area contributed by atoms with Crippen LogP contribution in [0.1, 0.15) is 36.6 Å². The van der Waals surface area contributed by atoms with Crippen LogP contribution in [0.3, 0.4) is 0 Å². The average Bonchev–Trinajstić information content (AvgIpc) is 3.19. The molecule has 1 aliphatic rings. The second-order valence-electron chi connectivity index (χ2n) is 8.74. The highest BCUT2D eigenvalue weighted by atomic mass is 35.5. The quantitative estimate of drug-likeness (QED) is 0.195. The van der Waals surface area contributed by atoms with Gasteiger partial charge in [-0.2, -0.15) is 0 Å². The standard InChI is InChI=1S/C30H30ClNO7/c1-6-38-20-11-12-21(24(16-20)39-7-2)28(33)26-27(18-9-13-23(36-4)25(14-18)37-5)32(30(35)29(26)34)22-15-19(31)10-8-17(22)3/h8-16,27,33H,6-7H2,1-5H3/b28-26+. The molecule has 3 aromatic carbocycles. The number of hydrogen-bond acceptors (Lipinski definition) is 7. The van der Waals surface area contributed by atoms with Crippen molar-refractivity contribution >= 4 is 34.7 Å². The van der Waals surface area contributed by atoms with Gasteiger partial charge in [-0.1, -0.05) is 23.7 Å². The van der Waals surface area contributed by atoms with E-state index in [0.29, 0.717) is 52.5 Å². The number of rotatable bonds is 9. The first-order valence-corrected chi connectivity index (χ1v) is 12.8. The summed E-state index contributed by atoms with van der Waals surface area (Å²) in [5.41, 5.74) is 1.85. The van der Waals surface area contributed by atoms with Gasteiger partial charge >= 0.3 is 0 Å². The summed E-state index contributed by atoms with van der Waals surface area (Å²) in [4.78, 5) is 28.6. The van der Waals surface area contributed by atoms with Crippen molar-refractivity contribution in [1.29, 1.82) is 0 Å². The van der Waals surface area contributed by atoms with Crippen molar-refractivity contribution < 1.29 is 33.6 Å². The monoisotopic (exact) mass is 551 g/mol. The summed E-state index contributed by atoms with van der Waals surface area (Å²) in [5.74, 6) is -0.279. The van der Waals surface area contributed by atoms with Crippen molar-refractivity contribution in [2.45, 2.75) is 26.8 Å². The van der Waals surface area contributed by atoms with Gasteiger partial charge in [0.25, 0.3) is 11.7 Å². The minimum atomic E-state index is -0.997. The van der Waals surface area contributed by atoms with Crippen molar-refractivity contribution in [2.24, 2.45) is 0 Å². The topological polar surface area (TPSA) is 94.5 Å². The fourth-order valence-electron chi connectivity index (χ4n) is 4.64. The SMILES string of the molecule is CCOc1ccc(/C(O)=C2\C(=O)C(=O)N(c3cc(Cl)ccc3C)C2c2ccc(OC)c(OC)c2)c(OCC)c1. The molecule has 3 aromatic rings. The number of nitrogens with zero attached hydrogens (tertiary/aromatic N) is 1. The molecule has 0 aliphatic carbocycles. The van der Waals surface area contributed by atoms with E-state index in [1.807, 2.05) is 20.8 Å². The van der Waals surface area contributed by atoms with Crippen LogP contribution < -0.4 is 23.8 Å². The van der Waals surface area contributed by atoms with E-state index in [1.165, 1.54) is 19.1 Å². The number of ether oxygens (including phenoxy) is 4. The van der Waals surface area contributed by atoms with Crippen LogP contribution in [0.5, 0.6) is 23.0 Å². The highest BCUT2D eigenvalue weighted by molar-refractivity contribution is 6.52. The lowest BCUT2D eigenvalue weighted by atomic mass is 9.94. The number of carbonyl (C=O) groups is 2. The number of hydrogen-bond donors (Lipinski definition) is 1. The highest BCUT2D eigenvalue weighted by Gasteiger charge is 2.48. The molecular formula is C30H30ClNO7. The summed E-state index contributed by atoms with van der Waals surface area (Å²) in [7, 11) is 3.01. The Morgan fingerprint density at radius 2 is 1.62 bits per heavy atom. The van der Waals surface area contributed by atoms with Gasteiger partial charge in [0.15, 0.2) is 11.5 Å². The Hall–Kier alpha value is -4.17. The van der Waals surface area contributed by atoms with Crippen LogP contribution in [0.4, 0.5) is 5.69 Å². The number of benzene rings is 3. The second-order valence-corrected chi connectivity index (χ2v) is 9.17. The number of carbonyl (C=O) groups excluding carboxylic acids is 2. The van der Waals surface area contributed by atoms with E-state index in [2.05, 4.69) is 0 Å². The number of ketones is 1. The number of aliphatic hydroxyl groups is 1. The molecule has 39 heavy (non-hydrogen) atoms. The lowest BCUT2D eigenvalue weighted by Gasteiger charge is -2.27. The molecule has 9 heteroatoms. The predicted octanol–water partition coefficient (Wildman–Crippen LogP) is 6.09. The maximum absolute atomic E-state index is 13.6. The van der Waals surface area contributed by atoms with Gasteiger partial charge in [0.2, 0.25) is 0 Å². The first-order chi connectivity index (χ1) is 18.7. The fourth-order valence-corrected chi connectivity index (χ4v) is 4.80. The molecule has 0 aromatic heterocycles. The molecule has 1 fully saturated rings. The van der Waals surface area contributed by atoms with E-state index in [9.17, 15) is 14.7 Å². The molecule has 1 atom stereocenters. The summed E-state index contributed by atoms with van der Waals surface area (Å²) in [6, 6.07) is 14.1. The molecule has 1 aliphatic heterocycles. The van der Waals surface area contributed by atoms with E-state index in [1.54, 1.807) is 54.6 Å². The van der Waals surface area contributed by atoms with Gasteiger partial charge in [-0.05, 0) is 68.3 Å². The molecule has 1 unspecified atom stereocenters. The molecule has 0 bridgehead atoms. The third kappa shape index (κ3) is 5.25. The van der Waals surface area contributed by atoms with Gasteiger partial charge in [0.05, 0.1) is 44.6 Å². The maximum Gasteiger partial charge on any atom is 0.300 e. The van der Waals surface area contributed by atoms with Gasteiger partial charge < -0.3 is 24.1 Å². The predicted molar refractivity (Wildman–Crippen MR) is 149 cm³/mol. The molecule has 8 nitrogen and oxygen atoms in total. The summed E-state index contributed by atoms with van der Waals surface area (Å²) in [6.45, 7) is 6.24. The number of aliphatic hydroxyl groups excluding tert-OH is 1. The van der Waals surface area contributed by atoms with Gasteiger partial charge in [-0.3, -0.25) is 14.5 Å². The van der Waals surface area contributed by atoms with E-state index >= 15 is 0 Å². The molecule has 0 radical (unpaired) electrons. The van der Waals surface area contributed by atoms with Crippen LogP contribution in [0.15, 0.2) is 60.2 Å². The summed E-state index contributed by atoms with van der Waals surface area (Å²) in [6.07, 6.45) is 0. The third-order valence-electron chi connectivity index (χ3n) is 6.42. The Bertz CT molecular complexity index is 1450. The Balaban J connectivity index is 2.00. The Labute approximate surface area is 232 Å². The van der Waals surface area contributed by atoms with E-state index < -0.39 is 17.7 Å². The fraction of sp³-hybridized carbons (Fsp3) is 0.267. The van der Waals surface area contributed by atoms with Crippen molar-refractivity contribution in [3.63, 3.8) is 0 Å². The van der Waals surface area contributed by atoms with Crippen LogP contribution in [0.2, 0.25) is 5.02 Å². The van der Waals surface area contributed by atoms with Gasteiger partial charge in [-0.25, -0.2) is 0 Å². The Morgan fingerprint density at radius 1 is 0.897 bits per heavy atom. The molecule has 1 N–H and O–H groups in total. The zero-order valence-corrected chi connectivity index (χ0v) is 23.2. The third-order valence-corrected chi connectivity index (χ3v) is 6.65.